The fourth-order valence-electron chi connectivity index (χ4n) is 1.22. The average Bonchev–Trinajstić information content (AvgIpc) is 2.16. The van der Waals surface area contributed by atoms with E-state index >= 15 is 0 Å². The number of nitrogens with one attached hydrogen (secondary N) is 1. The molecule has 86 valence electrons. The number of nitrogens with two attached hydrogens (primary N) is 1. The quantitative estimate of drug-likeness (QED) is 0.548. The van der Waals surface area contributed by atoms with E-state index in [1.807, 2.05) is 0 Å². The van der Waals surface area contributed by atoms with Gasteiger partial charge in [-0.1, -0.05) is 0 Å². The highest BCUT2D eigenvalue weighted by Crippen LogP contribution is 1.97. The van der Waals surface area contributed by atoms with E-state index in [1.165, 1.54) is 19.4 Å². The molecular formula is C11H27N3. The molecule has 14 heavy (non-hydrogen) atoms. The number of unbranched alkanes of at least 4 members (excludes halogenated alkanes) is 1. The van der Waals surface area contributed by atoms with Crippen LogP contribution in [-0.2, 0) is 0 Å². The predicted octanol–water partition coefficient (Wildman–Crippen LogP) is 1.05. The second-order valence-electron chi connectivity index (χ2n) is 4.17. The zero-order valence-corrected chi connectivity index (χ0v) is 10.1. The molecule has 0 aliphatic rings. The van der Waals surface area contributed by atoms with Gasteiger partial charge in [-0.05, 0) is 66.3 Å². The first kappa shape index (κ1) is 13.9. The molecule has 0 heterocycles. The number of hydrogen-bond acceptors (Lipinski definition) is 3. The van der Waals surface area contributed by atoms with Gasteiger partial charge in [-0.15, -0.1) is 0 Å². The van der Waals surface area contributed by atoms with E-state index in [1.54, 1.807) is 0 Å². The summed E-state index contributed by atoms with van der Waals surface area (Å²) in [6.07, 6.45) is 3.64. The molecule has 0 radical (unpaired) electrons. The van der Waals surface area contributed by atoms with E-state index in [0.29, 0.717) is 6.04 Å². The predicted molar refractivity (Wildman–Crippen MR) is 63.5 cm³/mol. The average molecular weight is 201 g/mol. The van der Waals surface area contributed by atoms with Gasteiger partial charge in [-0.2, -0.15) is 0 Å². The third-order valence-electron chi connectivity index (χ3n) is 2.55. The molecule has 0 aromatic heterocycles. The van der Waals surface area contributed by atoms with E-state index in [2.05, 4.69) is 31.1 Å². The van der Waals surface area contributed by atoms with Gasteiger partial charge in [0.05, 0.1) is 0 Å². The Morgan fingerprint density at radius 2 is 1.79 bits per heavy atom. The van der Waals surface area contributed by atoms with Crippen molar-refractivity contribution in [3.05, 3.63) is 0 Å². The monoisotopic (exact) mass is 201 g/mol. The molecular weight excluding hydrogens is 174 g/mol. The number of nitrogens with zero attached hydrogens (tertiary/aromatic N) is 1. The Morgan fingerprint density at radius 3 is 2.36 bits per heavy atom. The van der Waals surface area contributed by atoms with Gasteiger partial charge < -0.3 is 16.0 Å². The summed E-state index contributed by atoms with van der Waals surface area (Å²) in [7, 11) is 2.19. The Kier molecular flexibility index (Phi) is 9.35. The van der Waals surface area contributed by atoms with Crippen molar-refractivity contribution in [1.82, 2.24) is 10.2 Å². The fraction of sp³-hybridized carbons (Fsp3) is 1.00. The van der Waals surface area contributed by atoms with Gasteiger partial charge in [0, 0.05) is 6.04 Å². The van der Waals surface area contributed by atoms with Crippen molar-refractivity contribution in [2.24, 2.45) is 5.73 Å². The molecule has 0 spiro atoms. The van der Waals surface area contributed by atoms with Crippen molar-refractivity contribution in [2.75, 3.05) is 33.2 Å². The maximum absolute atomic E-state index is 5.40. The summed E-state index contributed by atoms with van der Waals surface area (Å²) in [5.41, 5.74) is 5.40. The van der Waals surface area contributed by atoms with Gasteiger partial charge in [0.2, 0.25) is 0 Å². The van der Waals surface area contributed by atoms with Crippen molar-refractivity contribution in [3.63, 3.8) is 0 Å². The van der Waals surface area contributed by atoms with Crippen LogP contribution in [-0.4, -0.2) is 44.2 Å². The van der Waals surface area contributed by atoms with Crippen LogP contribution in [0.2, 0.25) is 0 Å². The zero-order valence-electron chi connectivity index (χ0n) is 10.1. The lowest BCUT2D eigenvalue weighted by molar-refractivity contribution is 0.268. The minimum absolute atomic E-state index is 0.667. The Balaban J connectivity index is 3.06. The molecule has 0 aliphatic heterocycles. The van der Waals surface area contributed by atoms with Crippen molar-refractivity contribution >= 4 is 0 Å². The van der Waals surface area contributed by atoms with Crippen molar-refractivity contribution < 1.29 is 0 Å². The third kappa shape index (κ3) is 8.48. The van der Waals surface area contributed by atoms with Gasteiger partial charge in [0.25, 0.3) is 0 Å². The Labute approximate surface area is 89.0 Å². The summed E-state index contributed by atoms with van der Waals surface area (Å²) in [6, 6.07) is 0.667. The lowest BCUT2D eigenvalue weighted by Crippen LogP contribution is -2.28. The van der Waals surface area contributed by atoms with Crippen LogP contribution in [0.3, 0.4) is 0 Å². The van der Waals surface area contributed by atoms with Crippen LogP contribution in [0.25, 0.3) is 0 Å². The van der Waals surface area contributed by atoms with Crippen LogP contribution in [0, 0.1) is 0 Å². The first-order valence-corrected chi connectivity index (χ1v) is 5.79. The minimum Gasteiger partial charge on any atom is -0.330 e. The molecule has 3 nitrogen and oxygen atoms in total. The van der Waals surface area contributed by atoms with Crippen molar-refractivity contribution in [2.45, 2.75) is 39.2 Å². The second-order valence-corrected chi connectivity index (χ2v) is 4.17. The number of rotatable bonds is 9. The second kappa shape index (κ2) is 9.44. The zero-order chi connectivity index (χ0) is 10.8. The Bertz CT molecular complexity index is 115. The molecule has 3 N–H and O–H groups in total. The molecule has 0 rings (SSSR count). The lowest BCUT2D eigenvalue weighted by Gasteiger charge is -2.20. The third-order valence-corrected chi connectivity index (χ3v) is 2.55. The molecule has 0 atom stereocenters. The van der Waals surface area contributed by atoms with Gasteiger partial charge in [-0.25, -0.2) is 0 Å². The molecule has 0 amide bonds. The van der Waals surface area contributed by atoms with Crippen LogP contribution in [0.15, 0.2) is 0 Å². The molecule has 0 bridgehead atoms. The standard InChI is InChI=1S/C11H27N3/c1-11(2)14(3)10-5-4-8-13-9-6-7-12/h11,13H,4-10,12H2,1-3H3. The first-order chi connectivity index (χ1) is 6.68. The van der Waals surface area contributed by atoms with Gasteiger partial charge in [0.15, 0.2) is 0 Å². The van der Waals surface area contributed by atoms with Crippen LogP contribution >= 0.6 is 0 Å². The molecule has 3 heteroatoms. The van der Waals surface area contributed by atoms with E-state index in [0.717, 1.165) is 26.1 Å². The molecule has 0 unspecified atom stereocenters. The van der Waals surface area contributed by atoms with E-state index in [-0.39, 0.29) is 0 Å². The highest BCUT2D eigenvalue weighted by atomic mass is 15.1. The Hall–Kier alpha value is -0.120. The summed E-state index contributed by atoms with van der Waals surface area (Å²) in [4.78, 5) is 2.39. The summed E-state index contributed by atoms with van der Waals surface area (Å²) < 4.78 is 0. The topological polar surface area (TPSA) is 41.3 Å². The molecule has 0 saturated carbocycles. The normalized spacial score (nSPS) is 11.6. The summed E-state index contributed by atoms with van der Waals surface area (Å²) >= 11 is 0. The van der Waals surface area contributed by atoms with Crippen molar-refractivity contribution in [3.8, 4) is 0 Å². The molecule has 0 aromatic carbocycles. The van der Waals surface area contributed by atoms with E-state index < -0.39 is 0 Å². The van der Waals surface area contributed by atoms with Gasteiger partial charge >= 0.3 is 0 Å². The molecule has 0 aliphatic carbocycles. The van der Waals surface area contributed by atoms with Crippen molar-refractivity contribution in [1.29, 1.82) is 0 Å². The van der Waals surface area contributed by atoms with Crippen LogP contribution in [0.5, 0.6) is 0 Å². The van der Waals surface area contributed by atoms with E-state index in [4.69, 9.17) is 5.73 Å². The van der Waals surface area contributed by atoms with Gasteiger partial charge in [-0.3, -0.25) is 0 Å². The van der Waals surface area contributed by atoms with Crippen LogP contribution in [0.1, 0.15) is 33.1 Å². The smallest absolute Gasteiger partial charge is 0.00355 e. The minimum atomic E-state index is 0.667. The Morgan fingerprint density at radius 1 is 1.14 bits per heavy atom. The van der Waals surface area contributed by atoms with Gasteiger partial charge in [0.1, 0.15) is 0 Å². The van der Waals surface area contributed by atoms with Crippen LogP contribution in [0.4, 0.5) is 0 Å². The maximum atomic E-state index is 5.40. The van der Waals surface area contributed by atoms with E-state index in [9.17, 15) is 0 Å². The molecule has 0 aromatic rings. The first-order valence-electron chi connectivity index (χ1n) is 5.79. The summed E-state index contributed by atoms with van der Waals surface area (Å²) in [5.74, 6) is 0. The highest BCUT2D eigenvalue weighted by molar-refractivity contribution is 4.57. The molecule has 0 saturated heterocycles. The fourth-order valence-corrected chi connectivity index (χ4v) is 1.22. The number of hydrogen-bond donors (Lipinski definition) is 2. The summed E-state index contributed by atoms with van der Waals surface area (Å²) in [6.45, 7) is 8.67. The van der Waals surface area contributed by atoms with Crippen LogP contribution < -0.4 is 11.1 Å². The SMILES string of the molecule is CC(C)N(C)CCCCNCCCN. The summed E-state index contributed by atoms with van der Waals surface area (Å²) in [5, 5.41) is 3.39. The highest BCUT2D eigenvalue weighted by Gasteiger charge is 2.01. The molecule has 0 fully saturated rings. The largest absolute Gasteiger partial charge is 0.330 e. The maximum Gasteiger partial charge on any atom is 0.00355 e. The lowest BCUT2D eigenvalue weighted by atomic mass is 10.2.